The lowest BCUT2D eigenvalue weighted by atomic mass is 10.1. The third kappa shape index (κ3) is 2.20. The molecule has 0 saturated carbocycles. The van der Waals surface area contributed by atoms with Crippen LogP contribution in [0.1, 0.15) is 30.0 Å². The van der Waals surface area contributed by atoms with Crippen LogP contribution in [0, 0.1) is 6.92 Å². The van der Waals surface area contributed by atoms with E-state index in [1.807, 2.05) is 13.8 Å². The molecule has 1 fully saturated rings. The highest BCUT2D eigenvalue weighted by molar-refractivity contribution is 5.98. The number of carbonyl (C=O) groups excluding carboxylic acids is 1. The van der Waals surface area contributed by atoms with Gasteiger partial charge in [0.1, 0.15) is 5.69 Å². The Morgan fingerprint density at radius 1 is 1.50 bits per heavy atom. The molecule has 6 nitrogen and oxygen atoms in total. The van der Waals surface area contributed by atoms with E-state index in [1.54, 1.807) is 23.6 Å². The molecular weight excluding hydrogens is 232 g/mol. The maximum atomic E-state index is 12.5. The zero-order valence-electron chi connectivity index (χ0n) is 11.4. The number of ether oxygens (including phenoxy) is 1. The Bertz CT molecular complexity index is 479. The van der Waals surface area contributed by atoms with Crippen LogP contribution in [0.3, 0.4) is 0 Å². The second-order valence-electron chi connectivity index (χ2n) is 5.31. The zero-order chi connectivity index (χ0) is 13.5. The van der Waals surface area contributed by atoms with Crippen LogP contribution in [0.25, 0.3) is 0 Å². The van der Waals surface area contributed by atoms with Crippen molar-refractivity contribution < 1.29 is 9.53 Å². The van der Waals surface area contributed by atoms with Crippen molar-refractivity contribution in [2.24, 2.45) is 7.05 Å². The van der Waals surface area contributed by atoms with E-state index < -0.39 is 0 Å². The lowest BCUT2D eigenvalue weighted by Gasteiger charge is -2.38. The fraction of sp³-hybridized carbons (Fsp3) is 0.667. The van der Waals surface area contributed by atoms with Gasteiger partial charge in [0.15, 0.2) is 0 Å². The third-order valence-electron chi connectivity index (χ3n) is 3.18. The number of hydrogen-bond donors (Lipinski definition) is 1. The van der Waals surface area contributed by atoms with Crippen molar-refractivity contribution in [3.63, 3.8) is 0 Å². The Hall–Kier alpha value is -1.56. The van der Waals surface area contributed by atoms with Gasteiger partial charge in [0.25, 0.3) is 5.91 Å². The summed E-state index contributed by atoms with van der Waals surface area (Å²) < 4.78 is 7.15. The number of aromatic nitrogens is 2. The molecular formula is C12H20N4O2. The second-order valence-corrected chi connectivity index (χ2v) is 5.31. The molecule has 1 aliphatic heterocycles. The molecule has 0 aromatic carbocycles. The highest BCUT2D eigenvalue weighted by atomic mass is 16.5. The molecule has 1 aromatic rings. The van der Waals surface area contributed by atoms with Gasteiger partial charge in [-0.2, -0.15) is 5.10 Å². The quantitative estimate of drug-likeness (QED) is 0.792. The molecule has 0 aliphatic carbocycles. The van der Waals surface area contributed by atoms with E-state index in [0.717, 1.165) is 0 Å². The van der Waals surface area contributed by atoms with Gasteiger partial charge in [-0.1, -0.05) is 0 Å². The van der Waals surface area contributed by atoms with Crippen LogP contribution in [0.15, 0.2) is 0 Å². The number of anilines is 1. The van der Waals surface area contributed by atoms with E-state index in [9.17, 15) is 4.79 Å². The standard InChI is InChI=1S/C12H20N4O2/c1-8-9(13)10(15(4)14-8)11(17)16-5-6-18-12(2,3)7-16/h5-7,13H2,1-4H3. The molecule has 0 bridgehead atoms. The van der Waals surface area contributed by atoms with Crippen LogP contribution < -0.4 is 5.73 Å². The number of rotatable bonds is 1. The molecule has 2 N–H and O–H groups in total. The van der Waals surface area contributed by atoms with E-state index in [2.05, 4.69) is 5.10 Å². The van der Waals surface area contributed by atoms with Crippen molar-refractivity contribution in [3.8, 4) is 0 Å². The van der Waals surface area contributed by atoms with Gasteiger partial charge < -0.3 is 15.4 Å². The van der Waals surface area contributed by atoms with Crippen molar-refractivity contribution in [1.82, 2.24) is 14.7 Å². The number of morpholine rings is 1. The molecule has 1 saturated heterocycles. The van der Waals surface area contributed by atoms with Crippen molar-refractivity contribution >= 4 is 11.6 Å². The molecule has 2 heterocycles. The first kappa shape index (κ1) is 12.9. The first-order valence-electron chi connectivity index (χ1n) is 6.04. The van der Waals surface area contributed by atoms with Crippen molar-refractivity contribution in [2.75, 3.05) is 25.4 Å². The van der Waals surface area contributed by atoms with Gasteiger partial charge in [-0.3, -0.25) is 9.48 Å². The predicted octanol–water partition coefficient (Wildman–Crippen LogP) is 0.562. The summed E-state index contributed by atoms with van der Waals surface area (Å²) in [4.78, 5) is 14.2. The minimum atomic E-state index is -0.309. The molecule has 1 aliphatic rings. The molecule has 6 heteroatoms. The van der Waals surface area contributed by atoms with Crippen LogP contribution in [0.2, 0.25) is 0 Å². The van der Waals surface area contributed by atoms with E-state index in [1.165, 1.54) is 0 Å². The molecule has 0 spiro atoms. The van der Waals surface area contributed by atoms with Gasteiger partial charge in [0.05, 0.1) is 23.6 Å². The van der Waals surface area contributed by atoms with Crippen LogP contribution in [0.5, 0.6) is 0 Å². The Labute approximate surface area is 107 Å². The number of nitrogen functional groups attached to an aromatic ring is 1. The first-order valence-corrected chi connectivity index (χ1v) is 6.04. The van der Waals surface area contributed by atoms with E-state index in [0.29, 0.717) is 36.8 Å². The maximum Gasteiger partial charge on any atom is 0.274 e. The van der Waals surface area contributed by atoms with Gasteiger partial charge in [0, 0.05) is 20.1 Å². The number of carbonyl (C=O) groups is 1. The number of nitrogens with zero attached hydrogens (tertiary/aromatic N) is 3. The predicted molar refractivity (Wildman–Crippen MR) is 68.3 cm³/mol. The number of amides is 1. The van der Waals surface area contributed by atoms with Crippen LogP contribution in [-0.4, -0.2) is 45.9 Å². The SMILES string of the molecule is Cc1nn(C)c(C(=O)N2CCOC(C)(C)C2)c1N. The monoisotopic (exact) mass is 252 g/mol. The smallest absolute Gasteiger partial charge is 0.274 e. The summed E-state index contributed by atoms with van der Waals surface area (Å²) in [5.41, 5.74) is 7.22. The Kier molecular flexibility index (Phi) is 3.06. The third-order valence-corrected chi connectivity index (χ3v) is 3.18. The van der Waals surface area contributed by atoms with Crippen LogP contribution in [0.4, 0.5) is 5.69 Å². The van der Waals surface area contributed by atoms with Gasteiger partial charge in [-0.15, -0.1) is 0 Å². The summed E-state index contributed by atoms with van der Waals surface area (Å²) in [7, 11) is 1.74. The lowest BCUT2D eigenvalue weighted by molar-refractivity contribution is -0.0765. The van der Waals surface area contributed by atoms with Crippen LogP contribution in [-0.2, 0) is 11.8 Å². The molecule has 2 rings (SSSR count). The molecule has 0 atom stereocenters. The lowest BCUT2D eigenvalue weighted by Crippen LogP contribution is -2.51. The summed E-state index contributed by atoms with van der Waals surface area (Å²) in [5.74, 6) is -0.0769. The largest absolute Gasteiger partial charge is 0.395 e. The highest BCUT2D eigenvalue weighted by Crippen LogP contribution is 2.22. The summed E-state index contributed by atoms with van der Waals surface area (Å²) in [6.07, 6.45) is 0. The zero-order valence-corrected chi connectivity index (χ0v) is 11.4. The summed E-state index contributed by atoms with van der Waals surface area (Å²) in [6, 6.07) is 0. The average Bonchev–Trinajstić information content (AvgIpc) is 2.51. The molecule has 1 aromatic heterocycles. The molecule has 0 radical (unpaired) electrons. The topological polar surface area (TPSA) is 73.4 Å². The maximum absolute atomic E-state index is 12.5. The highest BCUT2D eigenvalue weighted by Gasteiger charge is 2.32. The fourth-order valence-corrected chi connectivity index (χ4v) is 2.27. The Morgan fingerprint density at radius 2 is 2.17 bits per heavy atom. The van der Waals surface area contributed by atoms with Crippen molar-refractivity contribution in [1.29, 1.82) is 0 Å². The van der Waals surface area contributed by atoms with E-state index >= 15 is 0 Å². The van der Waals surface area contributed by atoms with Gasteiger partial charge >= 0.3 is 0 Å². The summed E-state index contributed by atoms with van der Waals surface area (Å²) in [5, 5.41) is 4.18. The van der Waals surface area contributed by atoms with E-state index in [-0.39, 0.29) is 11.5 Å². The van der Waals surface area contributed by atoms with Gasteiger partial charge in [-0.05, 0) is 20.8 Å². The van der Waals surface area contributed by atoms with Crippen molar-refractivity contribution in [3.05, 3.63) is 11.4 Å². The average molecular weight is 252 g/mol. The Morgan fingerprint density at radius 3 is 2.67 bits per heavy atom. The van der Waals surface area contributed by atoms with Crippen LogP contribution >= 0.6 is 0 Å². The molecule has 0 unspecified atom stereocenters. The van der Waals surface area contributed by atoms with Gasteiger partial charge in [0.2, 0.25) is 0 Å². The number of hydrogen-bond acceptors (Lipinski definition) is 4. The minimum absolute atomic E-state index is 0.0769. The number of nitrogens with two attached hydrogens (primary N) is 1. The first-order chi connectivity index (χ1) is 8.32. The summed E-state index contributed by atoms with van der Waals surface area (Å²) >= 11 is 0. The molecule has 18 heavy (non-hydrogen) atoms. The minimum Gasteiger partial charge on any atom is -0.395 e. The van der Waals surface area contributed by atoms with E-state index in [4.69, 9.17) is 10.5 Å². The summed E-state index contributed by atoms with van der Waals surface area (Å²) in [6.45, 7) is 7.46. The second kappa shape index (κ2) is 4.28. The molecule has 100 valence electrons. The number of aryl methyl sites for hydroxylation is 2. The normalized spacial score (nSPS) is 19.0. The van der Waals surface area contributed by atoms with Gasteiger partial charge in [-0.25, -0.2) is 0 Å². The Balaban J connectivity index is 2.26. The fourth-order valence-electron chi connectivity index (χ4n) is 2.27. The van der Waals surface area contributed by atoms with Crippen molar-refractivity contribution in [2.45, 2.75) is 26.4 Å². The molecule has 1 amide bonds.